The van der Waals surface area contributed by atoms with Crippen LogP contribution in [-0.4, -0.2) is 34.1 Å². The van der Waals surface area contributed by atoms with Gasteiger partial charge in [-0.3, -0.25) is 4.79 Å². The van der Waals surface area contributed by atoms with Crippen LogP contribution >= 0.6 is 0 Å². The fraction of sp³-hybridized carbons (Fsp3) is 0.815. The fourth-order valence-electron chi connectivity index (χ4n) is 4.63. The van der Waals surface area contributed by atoms with Crippen molar-refractivity contribution < 1.29 is 18.7 Å². The van der Waals surface area contributed by atoms with Gasteiger partial charge in [0.2, 0.25) is 6.29 Å². The summed E-state index contributed by atoms with van der Waals surface area (Å²) in [4.78, 5) is 12.2. The Bertz CT molecular complexity index is 572. The molecule has 0 bridgehead atoms. The van der Waals surface area contributed by atoms with Crippen LogP contribution in [0.2, 0.25) is 18.1 Å². The van der Waals surface area contributed by atoms with E-state index in [2.05, 4.69) is 27.7 Å². The topological polar surface area (TPSA) is 44.8 Å². The monoisotopic (exact) mass is 466 g/mol. The molecule has 0 fully saturated rings. The smallest absolute Gasteiger partial charge is 0.206 e. The van der Waals surface area contributed by atoms with Crippen molar-refractivity contribution >= 4 is 14.1 Å². The summed E-state index contributed by atoms with van der Waals surface area (Å²) in [6.45, 7) is 12.0. The molecule has 32 heavy (non-hydrogen) atoms. The van der Waals surface area contributed by atoms with Gasteiger partial charge in [-0.25, -0.2) is 0 Å². The Morgan fingerprint density at radius 3 is 2.25 bits per heavy atom. The second-order valence-electron chi connectivity index (χ2n) is 9.25. The third-order valence-electron chi connectivity index (χ3n) is 7.14. The lowest BCUT2D eigenvalue weighted by atomic mass is 9.92. The van der Waals surface area contributed by atoms with E-state index in [-0.39, 0.29) is 18.0 Å². The third-order valence-corrected chi connectivity index (χ3v) is 11.8. The minimum Gasteiger partial charge on any atom is -0.469 e. The molecule has 0 aromatic rings. The Balaban J connectivity index is 2.38. The number of carbonyl (C=O) groups is 1. The molecule has 1 aliphatic heterocycles. The number of unbranched alkanes of at least 4 members (excludes halogenated alkanes) is 6. The summed E-state index contributed by atoms with van der Waals surface area (Å²) >= 11 is 0. The maximum atomic E-state index is 12.2. The summed E-state index contributed by atoms with van der Waals surface area (Å²) in [7, 11) is 0.282. The van der Waals surface area contributed by atoms with Crippen LogP contribution in [-0.2, 0) is 18.7 Å². The van der Waals surface area contributed by atoms with E-state index in [1.165, 1.54) is 43.8 Å². The van der Waals surface area contributed by atoms with Gasteiger partial charge in [0.1, 0.15) is 5.76 Å². The first-order valence-corrected chi connectivity index (χ1v) is 15.7. The Morgan fingerprint density at radius 1 is 0.969 bits per heavy atom. The van der Waals surface area contributed by atoms with Gasteiger partial charge in [0.25, 0.3) is 0 Å². The van der Waals surface area contributed by atoms with E-state index in [4.69, 9.17) is 13.9 Å². The van der Waals surface area contributed by atoms with Crippen LogP contribution in [0.3, 0.4) is 0 Å². The maximum Gasteiger partial charge on any atom is 0.206 e. The van der Waals surface area contributed by atoms with Crippen molar-refractivity contribution in [1.82, 2.24) is 0 Å². The number of rotatable bonds is 19. The second kappa shape index (κ2) is 16.7. The van der Waals surface area contributed by atoms with E-state index in [1.807, 2.05) is 13.0 Å². The molecule has 0 saturated heterocycles. The lowest BCUT2D eigenvalue weighted by Crippen LogP contribution is -2.36. The molecular formula is C27H50O4Si. The van der Waals surface area contributed by atoms with Gasteiger partial charge in [-0.05, 0) is 56.0 Å². The molecule has 4 nitrogen and oxygen atoms in total. The third kappa shape index (κ3) is 9.92. The van der Waals surface area contributed by atoms with Gasteiger partial charge in [0.15, 0.2) is 14.1 Å². The summed E-state index contributed by atoms with van der Waals surface area (Å²) in [6.07, 6.45) is 14.4. The SMILES string of the molecule is CCCCCC(=O)/C=C/C1=C(C)O[C@@H](OC)[C@@H]1CCCCCCCO[Si](CC)(CC)CC. The zero-order valence-electron chi connectivity index (χ0n) is 21.8. The Kier molecular flexibility index (Phi) is 15.2. The number of allylic oxidation sites excluding steroid dienone is 3. The zero-order chi connectivity index (χ0) is 23.8. The summed E-state index contributed by atoms with van der Waals surface area (Å²) in [5.74, 6) is 1.32. The predicted molar refractivity (Wildman–Crippen MR) is 137 cm³/mol. The first-order valence-electron chi connectivity index (χ1n) is 13.2. The number of hydrogen-bond acceptors (Lipinski definition) is 4. The highest BCUT2D eigenvalue weighted by Gasteiger charge is 2.33. The minimum atomic E-state index is -1.43. The van der Waals surface area contributed by atoms with Crippen LogP contribution in [0, 0.1) is 5.92 Å². The highest BCUT2D eigenvalue weighted by molar-refractivity contribution is 6.73. The number of hydrogen-bond donors (Lipinski definition) is 0. The summed E-state index contributed by atoms with van der Waals surface area (Å²) in [5, 5.41) is 0. The lowest BCUT2D eigenvalue weighted by Gasteiger charge is -2.27. The van der Waals surface area contributed by atoms with E-state index >= 15 is 0 Å². The highest BCUT2D eigenvalue weighted by Crippen LogP contribution is 2.36. The predicted octanol–water partition coefficient (Wildman–Crippen LogP) is 7.95. The number of ketones is 1. The summed E-state index contributed by atoms with van der Waals surface area (Å²) in [5.41, 5.74) is 1.13. The molecule has 0 aromatic heterocycles. The van der Waals surface area contributed by atoms with Crippen LogP contribution < -0.4 is 0 Å². The highest BCUT2D eigenvalue weighted by atomic mass is 28.4. The molecule has 0 spiro atoms. The van der Waals surface area contributed by atoms with Crippen LogP contribution in [0.4, 0.5) is 0 Å². The average molecular weight is 467 g/mol. The molecule has 1 aliphatic rings. The number of ether oxygens (including phenoxy) is 2. The molecule has 186 valence electrons. The Morgan fingerprint density at radius 2 is 1.62 bits per heavy atom. The van der Waals surface area contributed by atoms with Crippen molar-refractivity contribution in [2.45, 2.75) is 123 Å². The largest absolute Gasteiger partial charge is 0.469 e. The molecular weight excluding hydrogens is 416 g/mol. The van der Waals surface area contributed by atoms with E-state index in [1.54, 1.807) is 13.2 Å². The van der Waals surface area contributed by atoms with Gasteiger partial charge in [-0.2, -0.15) is 0 Å². The first-order chi connectivity index (χ1) is 15.5. The average Bonchev–Trinajstić information content (AvgIpc) is 3.11. The van der Waals surface area contributed by atoms with Crippen molar-refractivity contribution in [2.24, 2.45) is 5.92 Å². The molecule has 1 heterocycles. The van der Waals surface area contributed by atoms with Gasteiger partial charge in [-0.1, -0.05) is 72.3 Å². The van der Waals surface area contributed by atoms with E-state index in [0.29, 0.717) is 6.42 Å². The maximum absolute atomic E-state index is 12.2. The molecule has 0 aromatic carbocycles. The molecule has 5 heteroatoms. The molecule has 0 saturated carbocycles. The number of methoxy groups -OCH3 is 1. The number of carbonyl (C=O) groups excluding carboxylic acids is 1. The first kappa shape index (κ1) is 29.1. The van der Waals surface area contributed by atoms with Crippen LogP contribution in [0.25, 0.3) is 0 Å². The molecule has 0 N–H and O–H groups in total. The van der Waals surface area contributed by atoms with Gasteiger partial charge in [-0.15, -0.1) is 0 Å². The Labute approximate surface area is 199 Å². The van der Waals surface area contributed by atoms with E-state index in [9.17, 15) is 4.79 Å². The van der Waals surface area contributed by atoms with Gasteiger partial charge in [0, 0.05) is 26.1 Å². The van der Waals surface area contributed by atoms with Crippen molar-refractivity contribution in [3.8, 4) is 0 Å². The second-order valence-corrected chi connectivity index (χ2v) is 14.0. The molecule has 0 radical (unpaired) electrons. The molecule has 2 atom stereocenters. The van der Waals surface area contributed by atoms with Crippen LogP contribution in [0.1, 0.15) is 98.8 Å². The van der Waals surface area contributed by atoms with Crippen molar-refractivity contribution in [3.05, 3.63) is 23.5 Å². The lowest BCUT2D eigenvalue weighted by molar-refractivity contribution is -0.114. The van der Waals surface area contributed by atoms with E-state index < -0.39 is 8.32 Å². The van der Waals surface area contributed by atoms with Crippen molar-refractivity contribution in [3.63, 3.8) is 0 Å². The zero-order valence-corrected chi connectivity index (χ0v) is 22.8. The van der Waals surface area contributed by atoms with Crippen LogP contribution in [0.5, 0.6) is 0 Å². The van der Waals surface area contributed by atoms with Gasteiger partial charge in [0.05, 0.1) is 0 Å². The summed E-state index contributed by atoms with van der Waals surface area (Å²) in [6, 6.07) is 3.70. The molecule has 0 unspecified atom stereocenters. The molecule has 0 amide bonds. The fourth-order valence-corrected chi connectivity index (χ4v) is 7.32. The van der Waals surface area contributed by atoms with Crippen molar-refractivity contribution in [1.29, 1.82) is 0 Å². The normalized spacial score (nSPS) is 19.2. The molecule has 0 aliphatic carbocycles. The standard InChI is InChI=1S/C27H50O4Si/c1-7-11-15-18-24(28)20-21-25-23(5)31-27(29-6)26(25)19-16-13-12-14-17-22-30-32(8-2,9-3)10-4/h20-21,26-27H,7-19,22H2,1-6H3/b21-20+/t26-,27-/m1/s1. The van der Waals surface area contributed by atoms with E-state index in [0.717, 1.165) is 50.0 Å². The molecule has 1 rings (SSSR count). The quantitative estimate of drug-likeness (QED) is 0.110. The van der Waals surface area contributed by atoms with Gasteiger partial charge >= 0.3 is 0 Å². The Hall–Kier alpha value is -0.913. The minimum absolute atomic E-state index is 0.210. The van der Waals surface area contributed by atoms with Crippen molar-refractivity contribution in [2.75, 3.05) is 13.7 Å². The van der Waals surface area contributed by atoms with Gasteiger partial charge < -0.3 is 13.9 Å². The van der Waals surface area contributed by atoms with Crippen LogP contribution in [0.15, 0.2) is 23.5 Å². The summed E-state index contributed by atoms with van der Waals surface area (Å²) < 4.78 is 17.9.